The van der Waals surface area contributed by atoms with Gasteiger partial charge in [-0.3, -0.25) is 9.69 Å². The number of halogens is 1. The Morgan fingerprint density at radius 1 is 0.875 bits per heavy atom. The number of nitrogens with zero attached hydrogens (tertiary/aromatic N) is 3. The third kappa shape index (κ3) is 5.48. The van der Waals surface area contributed by atoms with E-state index in [4.69, 9.17) is 11.6 Å². The molecule has 1 fully saturated rings. The van der Waals surface area contributed by atoms with E-state index in [0.29, 0.717) is 31.2 Å². The first-order chi connectivity index (χ1) is 15.6. The second-order valence-electron chi connectivity index (χ2n) is 7.87. The highest BCUT2D eigenvalue weighted by atomic mass is 35.5. The Hall–Kier alpha value is -3.31. The molecular weight excluding hydrogens is 422 g/mol. The number of anilines is 1. The second-order valence-corrected chi connectivity index (χ2v) is 8.31. The zero-order valence-corrected chi connectivity index (χ0v) is 18.6. The van der Waals surface area contributed by atoms with Crippen molar-refractivity contribution in [1.29, 1.82) is 0 Å². The number of urea groups is 1. The van der Waals surface area contributed by atoms with Crippen molar-refractivity contribution < 1.29 is 9.59 Å². The molecule has 0 bridgehead atoms. The monoisotopic (exact) mass is 447 g/mol. The van der Waals surface area contributed by atoms with Gasteiger partial charge in [-0.15, -0.1) is 0 Å². The van der Waals surface area contributed by atoms with Gasteiger partial charge in [0.05, 0.1) is 0 Å². The number of amides is 3. The molecule has 5 nitrogen and oxygen atoms in total. The highest BCUT2D eigenvalue weighted by molar-refractivity contribution is 6.30. The Morgan fingerprint density at radius 2 is 1.56 bits per heavy atom. The van der Waals surface area contributed by atoms with E-state index in [1.807, 2.05) is 65.6 Å². The van der Waals surface area contributed by atoms with Crippen molar-refractivity contribution >= 4 is 29.2 Å². The van der Waals surface area contributed by atoms with E-state index in [9.17, 15) is 9.59 Å². The molecule has 0 aliphatic carbocycles. The minimum atomic E-state index is -0.164. The standard InChI is InChI=1S/C26H26ClN3O2/c27-23-12-7-13-24(18-23)30-17-16-29(26(30)32)20-25(31)28(19-22-10-5-2-6-11-22)15-14-21-8-3-1-4-9-21/h1-13,18H,14-17,19-20H2. The first-order valence-corrected chi connectivity index (χ1v) is 11.2. The molecule has 1 saturated heterocycles. The van der Waals surface area contributed by atoms with Gasteiger partial charge in [-0.25, -0.2) is 4.79 Å². The van der Waals surface area contributed by atoms with E-state index in [1.165, 1.54) is 5.56 Å². The number of rotatable bonds is 8. The van der Waals surface area contributed by atoms with E-state index in [0.717, 1.165) is 17.7 Å². The number of benzene rings is 3. The first kappa shape index (κ1) is 21.9. The number of hydrogen-bond acceptors (Lipinski definition) is 2. The van der Waals surface area contributed by atoms with Crippen LogP contribution < -0.4 is 4.90 Å². The summed E-state index contributed by atoms with van der Waals surface area (Å²) in [5.41, 5.74) is 3.01. The average molecular weight is 448 g/mol. The molecule has 32 heavy (non-hydrogen) atoms. The molecule has 0 radical (unpaired) electrons. The highest BCUT2D eigenvalue weighted by Crippen LogP contribution is 2.23. The van der Waals surface area contributed by atoms with Gasteiger partial charge in [0, 0.05) is 36.9 Å². The van der Waals surface area contributed by atoms with Crippen LogP contribution in [0.2, 0.25) is 5.02 Å². The van der Waals surface area contributed by atoms with Gasteiger partial charge in [-0.1, -0.05) is 78.3 Å². The fourth-order valence-electron chi connectivity index (χ4n) is 3.88. The minimum absolute atomic E-state index is 0.0499. The molecule has 3 amide bonds. The van der Waals surface area contributed by atoms with Crippen molar-refractivity contribution in [3.05, 3.63) is 101 Å². The van der Waals surface area contributed by atoms with Crippen molar-refractivity contribution in [2.75, 3.05) is 31.1 Å². The van der Waals surface area contributed by atoms with E-state index in [-0.39, 0.29) is 18.5 Å². The largest absolute Gasteiger partial charge is 0.337 e. The van der Waals surface area contributed by atoms with Crippen molar-refractivity contribution in [2.24, 2.45) is 0 Å². The molecule has 0 saturated carbocycles. The summed E-state index contributed by atoms with van der Waals surface area (Å²) < 4.78 is 0. The summed E-state index contributed by atoms with van der Waals surface area (Å²) in [6.45, 7) is 2.23. The normalized spacial score (nSPS) is 13.5. The van der Waals surface area contributed by atoms with Crippen molar-refractivity contribution in [3.63, 3.8) is 0 Å². The predicted molar refractivity (Wildman–Crippen MR) is 128 cm³/mol. The predicted octanol–water partition coefficient (Wildman–Crippen LogP) is 4.85. The Morgan fingerprint density at radius 3 is 2.25 bits per heavy atom. The quantitative estimate of drug-likeness (QED) is 0.495. The number of carbonyl (C=O) groups excluding carboxylic acids is 2. The van der Waals surface area contributed by atoms with Crippen LogP contribution >= 0.6 is 11.6 Å². The lowest BCUT2D eigenvalue weighted by Gasteiger charge is -2.26. The van der Waals surface area contributed by atoms with Crippen molar-refractivity contribution in [2.45, 2.75) is 13.0 Å². The van der Waals surface area contributed by atoms with E-state index < -0.39 is 0 Å². The van der Waals surface area contributed by atoms with Crippen LogP contribution in [0.15, 0.2) is 84.9 Å². The van der Waals surface area contributed by atoms with Crippen LogP contribution in [-0.2, 0) is 17.8 Å². The van der Waals surface area contributed by atoms with Gasteiger partial charge in [-0.2, -0.15) is 0 Å². The fourth-order valence-corrected chi connectivity index (χ4v) is 4.07. The van der Waals surface area contributed by atoms with Crippen LogP contribution in [-0.4, -0.2) is 47.9 Å². The summed E-state index contributed by atoms with van der Waals surface area (Å²) in [6.07, 6.45) is 0.766. The first-order valence-electron chi connectivity index (χ1n) is 10.8. The second kappa shape index (κ2) is 10.3. The van der Waals surface area contributed by atoms with Crippen LogP contribution in [0.25, 0.3) is 0 Å². The third-order valence-corrected chi connectivity index (χ3v) is 5.86. The maximum atomic E-state index is 13.3. The summed E-state index contributed by atoms with van der Waals surface area (Å²) >= 11 is 6.08. The summed E-state index contributed by atoms with van der Waals surface area (Å²) in [5, 5.41) is 0.583. The molecule has 0 aromatic heterocycles. The van der Waals surface area contributed by atoms with Gasteiger partial charge in [-0.05, 0) is 35.7 Å². The van der Waals surface area contributed by atoms with Crippen LogP contribution in [0.1, 0.15) is 11.1 Å². The van der Waals surface area contributed by atoms with Gasteiger partial charge >= 0.3 is 6.03 Å². The lowest BCUT2D eigenvalue weighted by molar-refractivity contribution is -0.132. The molecular formula is C26H26ClN3O2. The molecule has 1 heterocycles. The average Bonchev–Trinajstić information content (AvgIpc) is 3.18. The molecule has 164 valence electrons. The summed E-state index contributed by atoms with van der Waals surface area (Å²) in [5.74, 6) is -0.0499. The topological polar surface area (TPSA) is 43.9 Å². The van der Waals surface area contributed by atoms with Crippen molar-refractivity contribution in [1.82, 2.24) is 9.80 Å². The summed E-state index contributed by atoms with van der Waals surface area (Å²) in [6, 6.07) is 27.2. The SMILES string of the molecule is O=C(CN1CCN(c2cccc(Cl)c2)C1=O)N(CCc1ccccc1)Cc1ccccc1. The van der Waals surface area contributed by atoms with Gasteiger partial charge in [0.1, 0.15) is 6.54 Å². The molecule has 0 spiro atoms. The Bertz CT molecular complexity index is 1060. The third-order valence-electron chi connectivity index (χ3n) is 5.62. The lowest BCUT2D eigenvalue weighted by atomic mass is 10.1. The molecule has 0 unspecified atom stereocenters. The zero-order valence-electron chi connectivity index (χ0n) is 17.9. The van der Waals surface area contributed by atoms with Crippen molar-refractivity contribution in [3.8, 4) is 0 Å². The van der Waals surface area contributed by atoms with Crippen LogP contribution in [0.3, 0.4) is 0 Å². The molecule has 1 aliphatic rings. The highest BCUT2D eigenvalue weighted by Gasteiger charge is 2.32. The van der Waals surface area contributed by atoms with Gasteiger partial charge in [0.15, 0.2) is 0 Å². The molecule has 1 aliphatic heterocycles. The molecule has 0 N–H and O–H groups in total. The van der Waals surface area contributed by atoms with E-state index in [2.05, 4.69) is 12.1 Å². The lowest BCUT2D eigenvalue weighted by Crippen LogP contribution is -2.42. The Labute approximate surface area is 193 Å². The van der Waals surface area contributed by atoms with E-state index >= 15 is 0 Å². The summed E-state index contributed by atoms with van der Waals surface area (Å²) in [7, 11) is 0. The van der Waals surface area contributed by atoms with Crippen LogP contribution in [0.4, 0.5) is 10.5 Å². The molecule has 6 heteroatoms. The Balaban J connectivity index is 1.43. The maximum Gasteiger partial charge on any atom is 0.325 e. The maximum absolute atomic E-state index is 13.3. The number of carbonyl (C=O) groups is 2. The van der Waals surface area contributed by atoms with E-state index in [1.54, 1.807) is 21.9 Å². The zero-order chi connectivity index (χ0) is 22.3. The van der Waals surface area contributed by atoms with Crippen LogP contribution in [0.5, 0.6) is 0 Å². The number of hydrogen-bond donors (Lipinski definition) is 0. The van der Waals surface area contributed by atoms with Gasteiger partial charge < -0.3 is 9.80 Å². The Kier molecular flexibility index (Phi) is 7.07. The molecule has 4 rings (SSSR count). The molecule has 3 aromatic rings. The van der Waals surface area contributed by atoms with Gasteiger partial charge in [0.2, 0.25) is 5.91 Å². The molecule has 3 aromatic carbocycles. The van der Waals surface area contributed by atoms with Gasteiger partial charge in [0.25, 0.3) is 0 Å². The minimum Gasteiger partial charge on any atom is -0.337 e. The van der Waals surface area contributed by atoms with Crippen LogP contribution in [0, 0.1) is 0 Å². The fraction of sp³-hybridized carbons (Fsp3) is 0.231. The summed E-state index contributed by atoms with van der Waals surface area (Å²) in [4.78, 5) is 31.3. The smallest absolute Gasteiger partial charge is 0.325 e. The molecule has 0 atom stereocenters.